The lowest BCUT2D eigenvalue weighted by Gasteiger charge is -2.08. The standard InChI is InChI=1S/C18H13ClF2N4O/c19-14-4-2-1-3-11(14)8-22-17(26)12-9-23-18(24-10-12)25-13-5-6-15(20)16(21)7-13/h1-7,9-10H,8H2,(H,22,26)(H,23,24,25). The van der Waals surface area contributed by atoms with Gasteiger partial charge in [0, 0.05) is 35.7 Å². The molecule has 1 aromatic heterocycles. The molecule has 3 aromatic rings. The molecular weight excluding hydrogens is 362 g/mol. The predicted octanol–water partition coefficient (Wildman–Crippen LogP) is 4.08. The second-order valence-corrected chi connectivity index (χ2v) is 5.73. The molecule has 8 heteroatoms. The SMILES string of the molecule is O=C(NCc1ccccc1Cl)c1cnc(Nc2ccc(F)c(F)c2)nc1. The molecule has 1 amide bonds. The van der Waals surface area contributed by atoms with Crippen LogP contribution in [0.5, 0.6) is 0 Å². The van der Waals surface area contributed by atoms with E-state index in [-0.39, 0.29) is 24.0 Å². The Morgan fingerprint density at radius 3 is 2.46 bits per heavy atom. The molecule has 0 saturated carbocycles. The maximum Gasteiger partial charge on any atom is 0.254 e. The van der Waals surface area contributed by atoms with Crippen molar-refractivity contribution in [2.45, 2.75) is 6.54 Å². The van der Waals surface area contributed by atoms with Crippen molar-refractivity contribution in [3.8, 4) is 0 Å². The summed E-state index contributed by atoms with van der Waals surface area (Å²) in [6.07, 6.45) is 2.66. The van der Waals surface area contributed by atoms with Crippen molar-refractivity contribution in [3.63, 3.8) is 0 Å². The van der Waals surface area contributed by atoms with E-state index in [1.165, 1.54) is 18.5 Å². The summed E-state index contributed by atoms with van der Waals surface area (Å²) in [6, 6.07) is 10.5. The quantitative estimate of drug-likeness (QED) is 0.706. The first-order chi connectivity index (χ1) is 12.5. The summed E-state index contributed by atoms with van der Waals surface area (Å²) in [5, 5.41) is 6.01. The second-order valence-electron chi connectivity index (χ2n) is 5.32. The average molecular weight is 375 g/mol. The van der Waals surface area contributed by atoms with Gasteiger partial charge in [-0.05, 0) is 23.8 Å². The summed E-state index contributed by atoms with van der Waals surface area (Å²) in [5.74, 6) is -2.13. The van der Waals surface area contributed by atoms with Gasteiger partial charge in [0.2, 0.25) is 5.95 Å². The molecule has 0 fully saturated rings. The lowest BCUT2D eigenvalue weighted by Crippen LogP contribution is -2.23. The van der Waals surface area contributed by atoms with Gasteiger partial charge >= 0.3 is 0 Å². The highest BCUT2D eigenvalue weighted by Crippen LogP contribution is 2.17. The molecule has 1 heterocycles. The van der Waals surface area contributed by atoms with Gasteiger partial charge in [-0.15, -0.1) is 0 Å². The molecule has 0 aliphatic rings. The molecule has 0 unspecified atom stereocenters. The first-order valence-corrected chi connectivity index (χ1v) is 7.96. The van der Waals surface area contributed by atoms with Crippen LogP contribution in [0.1, 0.15) is 15.9 Å². The molecular formula is C18H13ClF2N4O. The third kappa shape index (κ3) is 4.31. The minimum absolute atomic E-state index is 0.152. The first-order valence-electron chi connectivity index (χ1n) is 7.58. The van der Waals surface area contributed by atoms with E-state index in [1.807, 2.05) is 12.1 Å². The fraction of sp³-hybridized carbons (Fsp3) is 0.0556. The Balaban J connectivity index is 1.62. The van der Waals surface area contributed by atoms with Gasteiger partial charge in [0.05, 0.1) is 5.56 Å². The van der Waals surface area contributed by atoms with Gasteiger partial charge in [-0.25, -0.2) is 18.7 Å². The zero-order valence-corrected chi connectivity index (χ0v) is 14.1. The first kappa shape index (κ1) is 17.8. The summed E-state index contributed by atoms with van der Waals surface area (Å²) in [4.78, 5) is 20.1. The van der Waals surface area contributed by atoms with E-state index in [9.17, 15) is 13.6 Å². The van der Waals surface area contributed by atoms with E-state index in [0.717, 1.165) is 17.7 Å². The molecule has 0 atom stereocenters. The molecule has 2 N–H and O–H groups in total. The highest BCUT2D eigenvalue weighted by molar-refractivity contribution is 6.31. The van der Waals surface area contributed by atoms with E-state index in [1.54, 1.807) is 12.1 Å². The van der Waals surface area contributed by atoms with Gasteiger partial charge in [-0.1, -0.05) is 29.8 Å². The summed E-state index contributed by atoms with van der Waals surface area (Å²) in [7, 11) is 0. The van der Waals surface area contributed by atoms with Gasteiger partial charge in [0.25, 0.3) is 5.91 Å². The predicted molar refractivity (Wildman–Crippen MR) is 94.3 cm³/mol. The normalized spacial score (nSPS) is 10.4. The maximum absolute atomic E-state index is 13.2. The van der Waals surface area contributed by atoms with Crippen LogP contribution in [0, 0.1) is 11.6 Å². The topological polar surface area (TPSA) is 66.9 Å². The molecule has 2 aromatic carbocycles. The van der Waals surface area contributed by atoms with Crippen molar-refractivity contribution < 1.29 is 13.6 Å². The van der Waals surface area contributed by atoms with Crippen LogP contribution in [-0.4, -0.2) is 15.9 Å². The van der Waals surface area contributed by atoms with Crippen molar-refractivity contribution in [1.82, 2.24) is 15.3 Å². The Morgan fingerprint density at radius 2 is 1.77 bits per heavy atom. The lowest BCUT2D eigenvalue weighted by atomic mass is 10.2. The molecule has 5 nitrogen and oxygen atoms in total. The van der Waals surface area contributed by atoms with E-state index >= 15 is 0 Å². The van der Waals surface area contributed by atoms with Crippen LogP contribution in [0.3, 0.4) is 0 Å². The van der Waals surface area contributed by atoms with Crippen LogP contribution < -0.4 is 10.6 Å². The minimum atomic E-state index is -0.981. The molecule has 0 saturated heterocycles. The van der Waals surface area contributed by atoms with Crippen molar-refractivity contribution >= 4 is 29.1 Å². The molecule has 132 valence electrons. The largest absolute Gasteiger partial charge is 0.348 e. The van der Waals surface area contributed by atoms with E-state index in [0.29, 0.717) is 10.7 Å². The number of aromatic nitrogens is 2. The molecule has 0 spiro atoms. The van der Waals surface area contributed by atoms with E-state index in [2.05, 4.69) is 20.6 Å². The number of carbonyl (C=O) groups excluding carboxylic acids is 1. The van der Waals surface area contributed by atoms with Crippen LogP contribution in [0.2, 0.25) is 5.02 Å². The number of anilines is 2. The van der Waals surface area contributed by atoms with Crippen molar-refractivity contribution in [2.75, 3.05) is 5.32 Å². The van der Waals surface area contributed by atoms with Gasteiger partial charge in [0.1, 0.15) is 0 Å². The maximum atomic E-state index is 13.2. The fourth-order valence-electron chi connectivity index (χ4n) is 2.13. The third-order valence-electron chi connectivity index (χ3n) is 3.49. The highest BCUT2D eigenvalue weighted by atomic mass is 35.5. The number of hydrogen-bond acceptors (Lipinski definition) is 4. The number of nitrogens with zero attached hydrogens (tertiary/aromatic N) is 2. The number of carbonyl (C=O) groups is 1. The molecule has 0 aliphatic carbocycles. The zero-order chi connectivity index (χ0) is 18.5. The summed E-state index contributed by atoms with van der Waals surface area (Å²) >= 11 is 6.04. The van der Waals surface area contributed by atoms with Crippen LogP contribution >= 0.6 is 11.6 Å². The van der Waals surface area contributed by atoms with Crippen LogP contribution in [0.15, 0.2) is 54.9 Å². The Hall–Kier alpha value is -3.06. The van der Waals surface area contributed by atoms with Crippen molar-refractivity contribution in [1.29, 1.82) is 0 Å². The second kappa shape index (κ2) is 7.88. The molecule has 0 aliphatic heterocycles. The van der Waals surface area contributed by atoms with Crippen LogP contribution in [0.25, 0.3) is 0 Å². The smallest absolute Gasteiger partial charge is 0.254 e. The average Bonchev–Trinajstić information content (AvgIpc) is 2.64. The van der Waals surface area contributed by atoms with Crippen molar-refractivity contribution in [2.24, 2.45) is 0 Å². The lowest BCUT2D eigenvalue weighted by molar-refractivity contribution is 0.0950. The van der Waals surface area contributed by atoms with Gasteiger partial charge < -0.3 is 10.6 Å². The monoisotopic (exact) mass is 374 g/mol. The molecule has 0 bridgehead atoms. The van der Waals surface area contributed by atoms with Gasteiger partial charge in [-0.2, -0.15) is 0 Å². The number of rotatable bonds is 5. The van der Waals surface area contributed by atoms with Crippen molar-refractivity contribution in [3.05, 3.63) is 82.6 Å². The zero-order valence-electron chi connectivity index (χ0n) is 13.3. The van der Waals surface area contributed by atoms with Crippen LogP contribution in [0.4, 0.5) is 20.4 Å². The Kier molecular flexibility index (Phi) is 5.38. The number of halogens is 3. The summed E-state index contributed by atoms with van der Waals surface area (Å²) in [5.41, 5.74) is 1.34. The molecule has 26 heavy (non-hydrogen) atoms. The Labute approximate surface area is 153 Å². The number of benzene rings is 2. The Morgan fingerprint density at radius 1 is 1.04 bits per heavy atom. The van der Waals surface area contributed by atoms with Gasteiger partial charge in [0.15, 0.2) is 11.6 Å². The van der Waals surface area contributed by atoms with Crippen LogP contribution in [-0.2, 0) is 6.54 Å². The Bertz CT molecular complexity index is 935. The highest BCUT2D eigenvalue weighted by Gasteiger charge is 2.09. The van der Waals surface area contributed by atoms with E-state index < -0.39 is 11.6 Å². The molecule has 3 rings (SSSR count). The molecule has 0 radical (unpaired) electrons. The van der Waals surface area contributed by atoms with E-state index in [4.69, 9.17) is 11.6 Å². The number of amides is 1. The summed E-state index contributed by atoms with van der Waals surface area (Å²) < 4.78 is 26.1. The number of hydrogen-bond donors (Lipinski definition) is 2. The number of nitrogens with one attached hydrogen (secondary N) is 2. The third-order valence-corrected chi connectivity index (χ3v) is 3.86. The summed E-state index contributed by atoms with van der Waals surface area (Å²) in [6.45, 7) is 0.271. The minimum Gasteiger partial charge on any atom is -0.348 e. The van der Waals surface area contributed by atoms with Gasteiger partial charge in [-0.3, -0.25) is 4.79 Å². The fourth-order valence-corrected chi connectivity index (χ4v) is 2.33.